The van der Waals surface area contributed by atoms with Crippen molar-refractivity contribution < 1.29 is 9.21 Å². The zero-order chi connectivity index (χ0) is 13.1. The molecule has 2 rings (SSSR count). The van der Waals surface area contributed by atoms with Crippen LogP contribution >= 0.6 is 0 Å². The van der Waals surface area contributed by atoms with Crippen LogP contribution in [0.4, 0.5) is 0 Å². The van der Waals surface area contributed by atoms with Crippen molar-refractivity contribution in [3.05, 3.63) is 41.4 Å². The number of carbonyl (C=O) groups excluding carboxylic acids is 1. The summed E-state index contributed by atoms with van der Waals surface area (Å²) in [6.07, 6.45) is 4.49. The van der Waals surface area contributed by atoms with E-state index in [-0.39, 0.29) is 5.91 Å². The van der Waals surface area contributed by atoms with Gasteiger partial charge in [0.25, 0.3) is 5.91 Å². The second-order valence-corrected chi connectivity index (χ2v) is 3.98. The predicted octanol–water partition coefficient (Wildman–Crippen LogP) is 0.999. The van der Waals surface area contributed by atoms with Crippen LogP contribution in [-0.2, 0) is 13.0 Å². The number of hydrogen-bond acceptors (Lipinski definition) is 4. The van der Waals surface area contributed by atoms with Crippen molar-refractivity contribution in [3.8, 4) is 0 Å². The number of nitrogens with one attached hydrogen (secondary N) is 1. The fourth-order valence-corrected chi connectivity index (χ4v) is 1.89. The highest BCUT2D eigenvalue weighted by Gasteiger charge is 2.14. The van der Waals surface area contributed by atoms with Gasteiger partial charge >= 0.3 is 0 Å². The average Bonchev–Trinajstić information content (AvgIpc) is 2.95. The summed E-state index contributed by atoms with van der Waals surface area (Å²) in [7, 11) is 0. The lowest BCUT2D eigenvalue weighted by Crippen LogP contribution is -2.30. The number of nitrogens with two attached hydrogens (primary N) is 1. The van der Waals surface area contributed by atoms with E-state index in [2.05, 4.69) is 10.4 Å². The van der Waals surface area contributed by atoms with Crippen LogP contribution in [-0.4, -0.2) is 15.5 Å². The third-order valence-corrected chi connectivity index (χ3v) is 2.79. The molecule has 6 nitrogen and oxygen atoms in total. The fourth-order valence-electron chi connectivity index (χ4n) is 1.89. The van der Waals surface area contributed by atoms with Gasteiger partial charge in [-0.3, -0.25) is 10.2 Å². The molecule has 2 aromatic rings. The Morgan fingerprint density at radius 1 is 1.61 bits per heavy atom. The molecule has 0 radical (unpaired) electrons. The van der Waals surface area contributed by atoms with Crippen LogP contribution in [0.2, 0.25) is 0 Å². The first-order valence-corrected chi connectivity index (χ1v) is 5.76. The van der Waals surface area contributed by atoms with Crippen molar-refractivity contribution in [3.63, 3.8) is 0 Å². The van der Waals surface area contributed by atoms with Gasteiger partial charge in [0.05, 0.1) is 12.1 Å². The van der Waals surface area contributed by atoms with E-state index in [1.54, 1.807) is 19.2 Å². The van der Waals surface area contributed by atoms with E-state index in [0.717, 1.165) is 12.2 Å². The summed E-state index contributed by atoms with van der Waals surface area (Å²) in [5, 5.41) is 0. The summed E-state index contributed by atoms with van der Waals surface area (Å²) in [5.74, 6) is 7.01. The molecule has 0 saturated heterocycles. The topological polar surface area (TPSA) is 86.1 Å². The van der Waals surface area contributed by atoms with Crippen molar-refractivity contribution >= 4 is 5.91 Å². The third-order valence-electron chi connectivity index (χ3n) is 2.79. The standard InChI is InChI=1S/C12H16N4O2/c1-3-11-14-4-5-16(11)7-9-6-10(8(2)18-9)12(17)15-13/h4-6H,3,7,13H2,1-2H3,(H,15,17). The number of aryl methyl sites for hydroxylation is 2. The lowest BCUT2D eigenvalue weighted by atomic mass is 10.2. The lowest BCUT2D eigenvalue weighted by molar-refractivity contribution is 0.0952. The molecule has 0 aliphatic carbocycles. The molecule has 18 heavy (non-hydrogen) atoms. The molecule has 0 aliphatic rings. The summed E-state index contributed by atoms with van der Waals surface area (Å²) in [6, 6.07) is 1.71. The number of rotatable bonds is 4. The second kappa shape index (κ2) is 5.05. The maximum absolute atomic E-state index is 11.5. The molecule has 0 bridgehead atoms. The van der Waals surface area contributed by atoms with Crippen molar-refractivity contribution in [1.82, 2.24) is 15.0 Å². The molecule has 0 spiro atoms. The molecular weight excluding hydrogens is 232 g/mol. The Hall–Kier alpha value is -2.08. The predicted molar refractivity (Wildman–Crippen MR) is 65.8 cm³/mol. The Kier molecular flexibility index (Phi) is 3.47. The minimum Gasteiger partial charge on any atom is -0.464 e. The van der Waals surface area contributed by atoms with E-state index in [9.17, 15) is 4.79 Å². The number of imidazole rings is 1. The van der Waals surface area contributed by atoms with Gasteiger partial charge in [0.15, 0.2) is 0 Å². The van der Waals surface area contributed by atoms with Crippen molar-refractivity contribution in [2.75, 3.05) is 0 Å². The first-order valence-electron chi connectivity index (χ1n) is 5.76. The summed E-state index contributed by atoms with van der Waals surface area (Å²) >= 11 is 0. The number of furan rings is 1. The van der Waals surface area contributed by atoms with Crippen LogP contribution < -0.4 is 11.3 Å². The zero-order valence-corrected chi connectivity index (χ0v) is 10.4. The van der Waals surface area contributed by atoms with Gasteiger partial charge in [-0.05, 0) is 13.0 Å². The van der Waals surface area contributed by atoms with E-state index in [4.69, 9.17) is 10.3 Å². The normalized spacial score (nSPS) is 10.6. The lowest BCUT2D eigenvalue weighted by Gasteiger charge is -2.03. The van der Waals surface area contributed by atoms with Crippen LogP contribution in [0.1, 0.15) is 34.6 Å². The number of amides is 1. The Morgan fingerprint density at radius 3 is 3.06 bits per heavy atom. The van der Waals surface area contributed by atoms with Crippen LogP contribution in [0.25, 0.3) is 0 Å². The van der Waals surface area contributed by atoms with Crippen LogP contribution in [0.3, 0.4) is 0 Å². The Balaban J connectivity index is 2.23. The zero-order valence-electron chi connectivity index (χ0n) is 10.4. The number of nitrogen functional groups attached to an aromatic ring is 1. The monoisotopic (exact) mass is 248 g/mol. The third kappa shape index (κ3) is 2.28. The number of nitrogens with zero attached hydrogens (tertiary/aromatic N) is 2. The molecule has 0 saturated carbocycles. The molecule has 1 amide bonds. The smallest absolute Gasteiger partial charge is 0.268 e. The quantitative estimate of drug-likeness (QED) is 0.480. The Labute approximate surface area is 105 Å². The molecule has 0 unspecified atom stereocenters. The van der Waals surface area contributed by atoms with Gasteiger partial charge in [-0.2, -0.15) is 0 Å². The van der Waals surface area contributed by atoms with E-state index in [1.807, 2.05) is 17.7 Å². The van der Waals surface area contributed by atoms with E-state index in [1.165, 1.54) is 0 Å². The van der Waals surface area contributed by atoms with Crippen molar-refractivity contribution in [1.29, 1.82) is 0 Å². The number of hydrazine groups is 1. The maximum atomic E-state index is 11.5. The van der Waals surface area contributed by atoms with Gasteiger partial charge in [0.2, 0.25) is 0 Å². The minimum absolute atomic E-state index is 0.344. The fraction of sp³-hybridized carbons (Fsp3) is 0.333. The number of hydrogen-bond donors (Lipinski definition) is 2. The molecule has 6 heteroatoms. The largest absolute Gasteiger partial charge is 0.464 e. The molecule has 2 heterocycles. The highest BCUT2D eigenvalue weighted by Crippen LogP contribution is 2.16. The summed E-state index contributed by atoms with van der Waals surface area (Å²) in [6.45, 7) is 4.34. The van der Waals surface area contributed by atoms with Crippen LogP contribution in [0.15, 0.2) is 22.9 Å². The second-order valence-electron chi connectivity index (χ2n) is 3.98. The van der Waals surface area contributed by atoms with Gasteiger partial charge in [-0.15, -0.1) is 0 Å². The highest BCUT2D eigenvalue weighted by atomic mass is 16.3. The van der Waals surface area contributed by atoms with Crippen LogP contribution in [0.5, 0.6) is 0 Å². The first kappa shape index (κ1) is 12.4. The molecule has 0 aromatic carbocycles. The van der Waals surface area contributed by atoms with Gasteiger partial charge in [-0.25, -0.2) is 10.8 Å². The Morgan fingerprint density at radius 2 is 2.39 bits per heavy atom. The average molecular weight is 248 g/mol. The van der Waals surface area contributed by atoms with Crippen LogP contribution in [0, 0.1) is 6.92 Å². The molecule has 0 atom stereocenters. The summed E-state index contributed by atoms with van der Waals surface area (Å²) < 4.78 is 7.53. The van der Waals surface area contributed by atoms with Gasteiger partial charge < -0.3 is 8.98 Å². The van der Waals surface area contributed by atoms with E-state index < -0.39 is 0 Å². The SMILES string of the molecule is CCc1nccn1Cc1cc(C(=O)NN)c(C)o1. The van der Waals surface area contributed by atoms with Crippen molar-refractivity contribution in [2.45, 2.75) is 26.8 Å². The Bertz CT molecular complexity index is 556. The van der Waals surface area contributed by atoms with E-state index in [0.29, 0.717) is 23.6 Å². The van der Waals surface area contributed by atoms with Crippen molar-refractivity contribution in [2.24, 2.45) is 5.84 Å². The van der Waals surface area contributed by atoms with Gasteiger partial charge in [-0.1, -0.05) is 6.92 Å². The van der Waals surface area contributed by atoms with Gasteiger partial charge in [0, 0.05) is 18.8 Å². The molecule has 96 valence electrons. The molecular formula is C12H16N4O2. The van der Waals surface area contributed by atoms with Gasteiger partial charge in [0.1, 0.15) is 17.3 Å². The first-order chi connectivity index (χ1) is 8.65. The molecule has 0 fully saturated rings. The summed E-state index contributed by atoms with van der Waals surface area (Å²) in [4.78, 5) is 15.7. The highest BCUT2D eigenvalue weighted by molar-refractivity contribution is 5.94. The number of carbonyl (C=O) groups is 1. The number of aromatic nitrogens is 2. The molecule has 0 aliphatic heterocycles. The van der Waals surface area contributed by atoms with E-state index >= 15 is 0 Å². The maximum Gasteiger partial charge on any atom is 0.268 e. The molecule has 3 N–H and O–H groups in total. The summed E-state index contributed by atoms with van der Waals surface area (Å²) in [5.41, 5.74) is 2.56. The molecule has 2 aromatic heterocycles. The minimum atomic E-state index is -0.344.